The molecule has 0 saturated carbocycles. The van der Waals surface area contributed by atoms with E-state index in [4.69, 9.17) is 0 Å². The average Bonchev–Trinajstić information content (AvgIpc) is 2.99. The molecule has 0 atom stereocenters. The van der Waals surface area contributed by atoms with Crippen LogP contribution in [0.4, 0.5) is 11.4 Å². The molecule has 27 heavy (non-hydrogen) atoms. The number of imide groups is 1. The zero-order valence-corrected chi connectivity index (χ0v) is 15.2. The first-order chi connectivity index (χ1) is 12.8. The summed E-state index contributed by atoms with van der Waals surface area (Å²) in [5.41, 5.74) is 0.736. The molecule has 0 radical (unpaired) electrons. The fourth-order valence-electron chi connectivity index (χ4n) is 2.68. The molecule has 0 bridgehead atoms. The second-order valence-corrected chi connectivity index (χ2v) is 7.48. The Kier molecular flexibility index (Phi) is 4.95. The van der Waals surface area contributed by atoms with Gasteiger partial charge in [-0.2, -0.15) is 0 Å². The lowest BCUT2D eigenvalue weighted by Crippen LogP contribution is -2.28. The first-order valence-corrected chi connectivity index (χ1v) is 9.47. The molecule has 2 aromatic carbocycles. The standard InChI is InChI=1S/C18H16N2O6S/c1-26-18(23)12-3-2-4-13(11-12)19-27(24,25)15-7-5-14(6-8-15)20-16(21)9-10-17(20)22/h2-8,11,19H,9-10H2,1H3. The summed E-state index contributed by atoms with van der Waals surface area (Å²) in [5.74, 6) is -1.21. The predicted octanol–water partition coefficient (Wildman–Crippen LogP) is 1.93. The van der Waals surface area contributed by atoms with E-state index in [0.29, 0.717) is 5.69 Å². The number of ether oxygens (including phenoxy) is 1. The molecule has 1 aliphatic rings. The zero-order valence-electron chi connectivity index (χ0n) is 14.3. The van der Waals surface area contributed by atoms with E-state index in [1.54, 1.807) is 0 Å². The molecule has 0 aliphatic carbocycles. The van der Waals surface area contributed by atoms with E-state index in [1.165, 1.54) is 55.6 Å². The summed E-state index contributed by atoms with van der Waals surface area (Å²) in [6.07, 6.45) is 0.300. The van der Waals surface area contributed by atoms with Crippen molar-refractivity contribution in [2.45, 2.75) is 17.7 Å². The summed E-state index contributed by atoms with van der Waals surface area (Å²) in [6, 6.07) is 11.3. The quantitative estimate of drug-likeness (QED) is 0.619. The van der Waals surface area contributed by atoms with Crippen LogP contribution in [0.1, 0.15) is 23.2 Å². The Morgan fingerprint density at radius 2 is 1.67 bits per heavy atom. The molecule has 1 N–H and O–H groups in total. The Bertz CT molecular complexity index is 998. The van der Waals surface area contributed by atoms with Gasteiger partial charge < -0.3 is 4.74 Å². The second kappa shape index (κ2) is 7.20. The van der Waals surface area contributed by atoms with Crippen LogP contribution in [-0.4, -0.2) is 33.3 Å². The van der Waals surface area contributed by atoms with Gasteiger partial charge in [0.25, 0.3) is 10.0 Å². The minimum absolute atomic E-state index is 0.0474. The summed E-state index contributed by atoms with van der Waals surface area (Å²) in [4.78, 5) is 36.1. The average molecular weight is 388 g/mol. The summed E-state index contributed by atoms with van der Waals surface area (Å²) < 4.78 is 32.1. The largest absolute Gasteiger partial charge is 0.465 e. The van der Waals surface area contributed by atoms with Crippen LogP contribution in [0.5, 0.6) is 0 Å². The Balaban J connectivity index is 1.82. The topological polar surface area (TPSA) is 110 Å². The highest BCUT2D eigenvalue weighted by atomic mass is 32.2. The van der Waals surface area contributed by atoms with Crippen molar-refractivity contribution in [3.8, 4) is 0 Å². The van der Waals surface area contributed by atoms with Gasteiger partial charge in [0.15, 0.2) is 0 Å². The minimum Gasteiger partial charge on any atom is -0.465 e. The van der Waals surface area contributed by atoms with Crippen molar-refractivity contribution in [1.82, 2.24) is 0 Å². The van der Waals surface area contributed by atoms with Crippen LogP contribution in [0.3, 0.4) is 0 Å². The molecule has 1 aliphatic heterocycles. The van der Waals surface area contributed by atoms with Gasteiger partial charge in [-0.1, -0.05) is 6.07 Å². The smallest absolute Gasteiger partial charge is 0.337 e. The summed E-state index contributed by atoms with van der Waals surface area (Å²) in [5, 5.41) is 0. The Labute approximate surface area is 155 Å². The van der Waals surface area contributed by atoms with Gasteiger partial charge in [0.05, 0.1) is 23.3 Å². The van der Waals surface area contributed by atoms with E-state index in [1.807, 2.05) is 0 Å². The van der Waals surface area contributed by atoms with E-state index >= 15 is 0 Å². The number of rotatable bonds is 5. The van der Waals surface area contributed by atoms with Gasteiger partial charge in [-0.05, 0) is 42.5 Å². The molecule has 0 aromatic heterocycles. The van der Waals surface area contributed by atoms with Crippen LogP contribution in [0.2, 0.25) is 0 Å². The van der Waals surface area contributed by atoms with Crippen LogP contribution in [0, 0.1) is 0 Å². The fourth-order valence-corrected chi connectivity index (χ4v) is 3.73. The second-order valence-electron chi connectivity index (χ2n) is 5.79. The Morgan fingerprint density at radius 3 is 2.26 bits per heavy atom. The molecule has 1 fully saturated rings. The number of amides is 2. The van der Waals surface area contributed by atoms with Crippen molar-refractivity contribution in [1.29, 1.82) is 0 Å². The molecular formula is C18H16N2O6S. The fraction of sp³-hybridized carbons (Fsp3) is 0.167. The third-order valence-electron chi connectivity index (χ3n) is 3.99. The summed E-state index contributed by atoms with van der Waals surface area (Å²) >= 11 is 0. The molecule has 3 rings (SSSR count). The van der Waals surface area contributed by atoms with Gasteiger partial charge in [0.1, 0.15) is 0 Å². The van der Waals surface area contributed by atoms with Crippen LogP contribution in [0.15, 0.2) is 53.4 Å². The molecule has 140 valence electrons. The SMILES string of the molecule is COC(=O)c1cccc(NS(=O)(=O)c2ccc(N3C(=O)CCC3=O)cc2)c1. The molecule has 0 spiro atoms. The molecular weight excluding hydrogens is 372 g/mol. The van der Waals surface area contributed by atoms with Crippen molar-refractivity contribution in [3.63, 3.8) is 0 Å². The lowest BCUT2D eigenvalue weighted by Gasteiger charge is -2.14. The van der Waals surface area contributed by atoms with Crippen LogP contribution < -0.4 is 9.62 Å². The lowest BCUT2D eigenvalue weighted by molar-refractivity contribution is -0.121. The third-order valence-corrected chi connectivity index (χ3v) is 5.39. The Morgan fingerprint density at radius 1 is 1.04 bits per heavy atom. The van der Waals surface area contributed by atoms with Gasteiger partial charge in [0.2, 0.25) is 11.8 Å². The van der Waals surface area contributed by atoms with Crippen LogP contribution in [-0.2, 0) is 24.3 Å². The highest BCUT2D eigenvalue weighted by molar-refractivity contribution is 7.92. The van der Waals surface area contributed by atoms with Crippen molar-refractivity contribution in [3.05, 3.63) is 54.1 Å². The zero-order chi connectivity index (χ0) is 19.6. The number of nitrogens with one attached hydrogen (secondary N) is 1. The van der Waals surface area contributed by atoms with Crippen molar-refractivity contribution in [2.24, 2.45) is 0 Å². The van der Waals surface area contributed by atoms with Gasteiger partial charge in [0, 0.05) is 18.5 Å². The van der Waals surface area contributed by atoms with E-state index in [2.05, 4.69) is 9.46 Å². The van der Waals surface area contributed by atoms with Crippen molar-refractivity contribution >= 4 is 39.2 Å². The maximum Gasteiger partial charge on any atom is 0.337 e. The van der Waals surface area contributed by atoms with Crippen molar-refractivity contribution < 1.29 is 27.5 Å². The van der Waals surface area contributed by atoms with Gasteiger partial charge >= 0.3 is 5.97 Å². The minimum atomic E-state index is -3.92. The molecule has 8 nitrogen and oxygen atoms in total. The van der Waals surface area contributed by atoms with E-state index in [9.17, 15) is 22.8 Å². The third kappa shape index (κ3) is 3.82. The monoisotopic (exact) mass is 388 g/mol. The number of hydrogen-bond acceptors (Lipinski definition) is 6. The number of sulfonamides is 1. The number of carbonyl (C=O) groups is 3. The summed E-state index contributed by atoms with van der Waals surface area (Å²) in [7, 11) is -2.69. The predicted molar refractivity (Wildman–Crippen MR) is 96.8 cm³/mol. The number of anilines is 2. The highest BCUT2D eigenvalue weighted by Crippen LogP contribution is 2.25. The molecule has 0 unspecified atom stereocenters. The number of hydrogen-bond donors (Lipinski definition) is 1. The molecule has 2 aromatic rings. The number of esters is 1. The van der Waals surface area contributed by atoms with E-state index in [-0.39, 0.29) is 40.8 Å². The molecule has 9 heteroatoms. The van der Waals surface area contributed by atoms with Gasteiger partial charge in [-0.3, -0.25) is 19.2 Å². The maximum atomic E-state index is 12.5. The number of benzene rings is 2. The Hall–Kier alpha value is -3.20. The molecule has 1 saturated heterocycles. The van der Waals surface area contributed by atoms with Crippen LogP contribution in [0.25, 0.3) is 0 Å². The highest BCUT2D eigenvalue weighted by Gasteiger charge is 2.30. The molecule has 1 heterocycles. The van der Waals surface area contributed by atoms with E-state index in [0.717, 1.165) is 4.90 Å². The maximum absolute atomic E-state index is 12.5. The summed E-state index contributed by atoms with van der Waals surface area (Å²) in [6.45, 7) is 0. The number of carbonyl (C=O) groups excluding carboxylic acids is 3. The van der Waals surface area contributed by atoms with Crippen LogP contribution >= 0.6 is 0 Å². The number of methoxy groups -OCH3 is 1. The first-order valence-electron chi connectivity index (χ1n) is 7.99. The normalized spacial score (nSPS) is 14.3. The van der Waals surface area contributed by atoms with Gasteiger partial charge in [-0.25, -0.2) is 13.2 Å². The number of nitrogens with zero attached hydrogens (tertiary/aromatic N) is 1. The lowest BCUT2D eigenvalue weighted by atomic mass is 10.2. The van der Waals surface area contributed by atoms with E-state index < -0.39 is 16.0 Å². The van der Waals surface area contributed by atoms with Gasteiger partial charge in [-0.15, -0.1) is 0 Å². The van der Waals surface area contributed by atoms with Crippen molar-refractivity contribution in [2.75, 3.05) is 16.7 Å². The molecule has 2 amide bonds. The first kappa shape index (κ1) is 18.6.